The number of fused-ring (bicyclic) bond motifs is 1. The van der Waals surface area contributed by atoms with Gasteiger partial charge in [-0.3, -0.25) is 4.79 Å². The summed E-state index contributed by atoms with van der Waals surface area (Å²) in [6.45, 7) is 4.53. The van der Waals surface area contributed by atoms with Gasteiger partial charge in [0.2, 0.25) is 0 Å². The topological polar surface area (TPSA) is 41.6 Å². The molecule has 4 nitrogen and oxygen atoms in total. The SMILES string of the molecule is CCN1CCc2ccc(NC(=O)c3ccccc3COc3ccccc3)cc21. The Bertz CT molecular complexity index is 969. The number of hydrogen-bond donors (Lipinski definition) is 1. The third-order valence-corrected chi connectivity index (χ3v) is 5.12. The van der Waals surface area contributed by atoms with Gasteiger partial charge in [0.05, 0.1) is 0 Å². The number of hydrogen-bond acceptors (Lipinski definition) is 3. The molecule has 4 rings (SSSR count). The fraction of sp³-hybridized carbons (Fsp3) is 0.208. The van der Waals surface area contributed by atoms with E-state index in [4.69, 9.17) is 4.74 Å². The van der Waals surface area contributed by atoms with Crippen LogP contribution in [-0.4, -0.2) is 19.0 Å². The third-order valence-electron chi connectivity index (χ3n) is 5.12. The Hall–Kier alpha value is -3.27. The Balaban J connectivity index is 1.50. The number of benzene rings is 3. The van der Waals surface area contributed by atoms with Crippen molar-refractivity contribution in [2.75, 3.05) is 23.3 Å². The first-order chi connectivity index (χ1) is 13.7. The van der Waals surface area contributed by atoms with E-state index in [1.165, 1.54) is 11.3 Å². The molecule has 142 valence electrons. The van der Waals surface area contributed by atoms with Gasteiger partial charge in [-0.2, -0.15) is 0 Å². The van der Waals surface area contributed by atoms with E-state index in [-0.39, 0.29) is 5.91 Å². The normalized spacial score (nSPS) is 12.5. The van der Waals surface area contributed by atoms with Crippen molar-refractivity contribution in [3.8, 4) is 5.75 Å². The number of para-hydroxylation sites is 1. The molecule has 0 fully saturated rings. The highest BCUT2D eigenvalue weighted by atomic mass is 16.5. The summed E-state index contributed by atoms with van der Waals surface area (Å²) in [7, 11) is 0. The largest absolute Gasteiger partial charge is 0.489 e. The van der Waals surface area contributed by atoms with Crippen molar-refractivity contribution in [1.82, 2.24) is 0 Å². The van der Waals surface area contributed by atoms with Gasteiger partial charge in [0, 0.05) is 35.6 Å². The highest BCUT2D eigenvalue weighted by molar-refractivity contribution is 6.05. The van der Waals surface area contributed by atoms with Gasteiger partial charge in [-0.15, -0.1) is 0 Å². The zero-order valence-electron chi connectivity index (χ0n) is 16.0. The smallest absolute Gasteiger partial charge is 0.256 e. The number of nitrogens with zero attached hydrogens (tertiary/aromatic N) is 1. The molecule has 0 aliphatic carbocycles. The zero-order valence-corrected chi connectivity index (χ0v) is 16.0. The van der Waals surface area contributed by atoms with E-state index >= 15 is 0 Å². The predicted molar refractivity (Wildman–Crippen MR) is 113 cm³/mol. The van der Waals surface area contributed by atoms with Crippen LogP contribution in [0, 0.1) is 0 Å². The summed E-state index contributed by atoms with van der Waals surface area (Å²) in [5, 5.41) is 3.05. The number of carbonyl (C=O) groups is 1. The molecule has 3 aromatic rings. The Morgan fingerprint density at radius 3 is 2.64 bits per heavy atom. The summed E-state index contributed by atoms with van der Waals surface area (Å²) in [4.78, 5) is 15.3. The molecule has 0 spiro atoms. The summed E-state index contributed by atoms with van der Waals surface area (Å²) in [5.74, 6) is 0.671. The van der Waals surface area contributed by atoms with E-state index in [0.717, 1.165) is 36.5 Å². The lowest BCUT2D eigenvalue weighted by atomic mass is 10.1. The van der Waals surface area contributed by atoms with E-state index in [2.05, 4.69) is 29.3 Å². The molecular weight excluding hydrogens is 348 g/mol. The molecule has 0 atom stereocenters. The molecule has 1 aliphatic rings. The van der Waals surface area contributed by atoms with Gasteiger partial charge in [0.1, 0.15) is 12.4 Å². The molecular formula is C24H24N2O2. The third kappa shape index (κ3) is 3.86. The minimum absolute atomic E-state index is 0.117. The lowest BCUT2D eigenvalue weighted by Crippen LogP contribution is -2.19. The summed E-state index contributed by atoms with van der Waals surface area (Å²) in [6, 6.07) is 23.4. The molecule has 4 heteroatoms. The molecule has 1 N–H and O–H groups in total. The Morgan fingerprint density at radius 2 is 1.82 bits per heavy atom. The summed E-state index contributed by atoms with van der Waals surface area (Å²) in [5.41, 5.74) is 4.88. The Labute approximate surface area is 165 Å². The fourth-order valence-corrected chi connectivity index (χ4v) is 3.60. The molecule has 0 unspecified atom stereocenters. The van der Waals surface area contributed by atoms with E-state index in [1.54, 1.807) is 0 Å². The molecule has 0 aromatic heterocycles. The van der Waals surface area contributed by atoms with Crippen LogP contribution in [-0.2, 0) is 13.0 Å². The number of likely N-dealkylation sites (N-methyl/N-ethyl adjacent to an activating group) is 1. The number of nitrogens with one attached hydrogen (secondary N) is 1. The lowest BCUT2D eigenvalue weighted by Gasteiger charge is -2.17. The molecule has 28 heavy (non-hydrogen) atoms. The van der Waals surface area contributed by atoms with Crippen LogP contribution in [0.1, 0.15) is 28.4 Å². The fourth-order valence-electron chi connectivity index (χ4n) is 3.60. The van der Waals surface area contributed by atoms with Gasteiger partial charge >= 0.3 is 0 Å². The summed E-state index contributed by atoms with van der Waals surface area (Å²) >= 11 is 0. The standard InChI is InChI=1S/C24H24N2O2/c1-2-26-15-14-18-12-13-20(16-23(18)26)25-24(27)22-11-7-6-8-19(22)17-28-21-9-4-3-5-10-21/h3-13,16H,2,14-15,17H2,1H3,(H,25,27). The maximum absolute atomic E-state index is 12.9. The molecule has 1 aliphatic heterocycles. The second-order valence-electron chi connectivity index (χ2n) is 6.89. The summed E-state index contributed by atoms with van der Waals surface area (Å²) in [6.07, 6.45) is 1.07. The van der Waals surface area contributed by atoms with Gasteiger partial charge in [-0.05, 0) is 49.2 Å². The second kappa shape index (κ2) is 8.17. The van der Waals surface area contributed by atoms with Crippen molar-refractivity contribution in [2.24, 2.45) is 0 Å². The minimum Gasteiger partial charge on any atom is -0.489 e. The monoisotopic (exact) mass is 372 g/mol. The van der Waals surface area contributed by atoms with E-state index in [9.17, 15) is 4.79 Å². The lowest BCUT2D eigenvalue weighted by molar-refractivity contribution is 0.102. The Morgan fingerprint density at radius 1 is 1.04 bits per heavy atom. The van der Waals surface area contributed by atoms with Crippen molar-refractivity contribution < 1.29 is 9.53 Å². The van der Waals surface area contributed by atoms with Gasteiger partial charge in [0.15, 0.2) is 0 Å². The first-order valence-corrected chi connectivity index (χ1v) is 9.69. The van der Waals surface area contributed by atoms with Crippen molar-refractivity contribution in [1.29, 1.82) is 0 Å². The molecule has 0 saturated heterocycles. The highest BCUT2D eigenvalue weighted by Crippen LogP contribution is 2.30. The van der Waals surface area contributed by atoms with Crippen molar-refractivity contribution in [3.63, 3.8) is 0 Å². The van der Waals surface area contributed by atoms with E-state index in [0.29, 0.717) is 12.2 Å². The van der Waals surface area contributed by atoms with Crippen LogP contribution in [0.4, 0.5) is 11.4 Å². The van der Waals surface area contributed by atoms with E-state index in [1.807, 2.05) is 60.7 Å². The number of carbonyl (C=O) groups excluding carboxylic acids is 1. The molecule has 1 heterocycles. The zero-order chi connectivity index (χ0) is 19.3. The molecule has 3 aromatic carbocycles. The molecule has 0 bridgehead atoms. The van der Waals surface area contributed by atoms with Gasteiger partial charge in [0.25, 0.3) is 5.91 Å². The van der Waals surface area contributed by atoms with Gasteiger partial charge in [-0.25, -0.2) is 0 Å². The maximum atomic E-state index is 12.9. The average molecular weight is 372 g/mol. The van der Waals surface area contributed by atoms with Crippen molar-refractivity contribution in [3.05, 3.63) is 89.5 Å². The quantitative estimate of drug-likeness (QED) is 0.669. The van der Waals surface area contributed by atoms with Crippen LogP contribution in [0.2, 0.25) is 0 Å². The van der Waals surface area contributed by atoms with Gasteiger partial charge in [-0.1, -0.05) is 42.5 Å². The first kappa shape index (κ1) is 18.1. The first-order valence-electron chi connectivity index (χ1n) is 9.69. The van der Waals surface area contributed by atoms with Crippen LogP contribution in [0.15, 0.2) is 72.8 Å². The highest BCUT2D eigenvalue weighted by Gasteiger charge is 2.19. The average Bonchev–Trinajstić information content (AvgIpc) is 3.15. The van der Waals surface area contributed by atoms with Crippen LogP contribution in [0.3, 0.4) is 0 Å². The molecule has 0 radical (unpaired) electrons. The van der Waals surface area contributed by atoms with Gasteiger partial charge < -0.3 is 15.0 Å². The number of rotatable bonds is 6. The predicted octanol–water partition coefficient (Wildman–Crippen LogP) is 4.90. The maximum Gasteiger partial charge on any atom is 0.256 e. The second-order valence-corrected chi connectivity index (χ2v) is 6.89. The summed E-state index contributed by atoms with van der Waals surface area (Å²) < 4.78 is 5.84. The van der Waals surface area contributed by atoms with Crippen LogP contribution >= 0.6 is 0 Å². The number of anilines is 2. The van der Waals surface area contributed by atoms with Crippen LogP contribution in [0.25, 0.3) is 0 Å². The number of ether oxygens (including phenoxy) is 1. The molecule has 0 saturated carbocycles. The van der Waals surface area contributed by atoms with Crippen LogP contribution < -0.4 is 15.0 Å². The minimum atomic E-state index is -0.117. The van der Waals surface area contributed by atoms with Crippen molar-refractivity contribution in [2.45, 2.75) is 20.0 Å². The Kier molecular flexibility index (Phi) is 5.29. The van der Waals surface area contributed by atoms with Crippen molar-refractivity contribution >= 4 is 17.3 Å². The molecule has 1 amide bonds. The van der Waals surface area contributed by atoms with Crippen LogP contribution in [0.5, 0.6) is 5.75 Å². The number of amides is 1. The van der Waals surface area contributed by atoms with E-state index < -0.39 is 0 Å².